The van der Waals surface area contributed by atoms with Crippen LogP contribution >= 0.6 is 0 Å². The van der Waals surface area contributed by atoms with Gasteiger partial charge in [-0.3, -0.25) is 9.59 Å². The van der Waals surface area contributed by atoms with E-state index in [1.54, 1.807) is 30.9 Å². The molecular weight excluding hydrogens is 390 g/mol. The molecule has 1 aromatic carbocycles. The van der Waals surface area contributed by atoms with Gasteiger partial charge in [-0.1, -0.05) is 26.3 Å². The Balaban J connectivity index is 1.73. The summed E-state index contributed by atoms with van der Waals surface area (Å²) >= 11 is 0. The molecule has 0 spiro atoms. The Labute approximate surface area is 173 Å². The predicted octanol–water partition coefficient (Wildman–Crippen LogP) is 2.11. The molecular formula is C21H31N3O4S. The Kier molecular flexibility index (Phi) is 6.63. The molecule has 0 radical (unpaired) electrons. The molecule has 1 aromatic rings. The summed E-state index contributed by atoms with van der Waals surface area (Å²) in [5.74, 6) is 0.211. The van der Waals surface area contributed by atoms with Crippen LogP contribution in [-0.2, 0) is 14.8 Å². The van der Waals surface area contributed by atoms with Gasteiger partial charge in [0.05, 0.1) is 4.90 Å². The molecule has 29 heavy (non-hydrogen) atoms. The van der Waals surface area contributed by atoms with Crippen molar-refractivity contribution in [3.8, 4) is 0 Å². The number of hydrogen-bond acceptors (Lipinski definition) is 4. The highest BCUT2D eigenvalue weighted by Crippen LogP contribution is 2.29. The van der Waals surface area contributed by atoms with Gasteiger partial charge in [-0.15, -0.1) is 0 Å². The van der Waals surface area contributed by atoms with Crippen LogP contribution in [-0.4, -0.2) is 73.6 Å². The average Bonchev–Trinajstić information content (AvgIpc) is 2.67. The van der Waals surface area contributed by atoms with Crippen LogP contribution in [0.25, 0.3) is 0 Å². The van der Waals surface area contributed by atoms with Crippen LogP contribution in [0.4, 0.5) is 0 Å². The van der Waals surface area contributed by atoms with Crippen LogP contribution in [0.5, 0.6) is 0 Å². The summed E-state index contributed by atoms with van der Waals surface area (Å²) in [5.41, 5.74) is 1.17. The number of carbonyl (C=O) groups excluding carboxylic acids is 2. The molecule has 8 heteroatoms. The fraction of sp³-hybridized carbons (Fsp3) is 0.619. The summed E-state index contributed by atoms with van der Waals surface area (Å²) in [6.07, 6.45) is 3.08. The zero-order chi connectivity index (χ0) is 21.2. The summed E-state index contributed by atoms with van der Waals surface area (Å²) in [7, 11) is -3.62. The number of aryl methyl sites for hydroxylation is 1. The maximum Gasteiger partial charge on any atom is 0.254 e. The lowest BCUT2D eigenvalue weighted by Gasteiger charge is -2.38. The van der Waals surface area contributed by atoms with Gasteiger partial charge in [0.1, 0.15) is 0 Å². The minimum absolute atomic E-state index is 0.147. The quantitative estimate of drug-likeness (QED) is 0.705. The lowest BCUT2D eigenvalue weighted by atomic mass is 9.84. The maximum atomic E-state index is 13.1. The van der Waals surface area contributed by atoms with Crippen molar-refractivity contribution < 1.29 is 18.0 Å². The van der Waals surface area contributed by atoms with Gasteiger partial charge in [0.25, 0.3) is 5.91 Å². The van der Waals surface area contributed by atoms with E-state index in [-0.39, 0.29) is 22.6 Å². The van der Waals surface area contributed by atoms with Crippen LogP contribution in [0, 0.1) is 12.8 Å². The van der Waals surface area contributed by atoms with Crippen molar-refractivity contribution in [1.29, 1.82) is 0 Å². The van der Waals surface area contributed by atoms with Crippen LogP contribution in [0.1, 0.15) is 49.0 Å². The maximum absolute atomic E-state index is 13.1. The molecule has 1 aliphatic carbocycles. The molecule has 1 saturated carbocycles. The van der Waals surface area contributed by atoms with Crippen LogP contribution in [0.15, 0.2) is 23.1 Å². The number of amides is 2. The number of rotatable bonds is 6. The number of sulfonamides is 1. The fourth-order valence-electron chi connectivity index (χ4n) is 3.92. The van der Waals surface area contributed by atoms with Gasteiger partial charge in [-0.25, -0.2) is 8.42 Å². The second-order valence-corrected chi connectivity index (χ2v) is 9.75. The van der Waals surface area contributed by atoms with Gasteiger partial charge in [0.15, 0.2) is 0 Å². The average molecular weight is 422 g/mol. The molecule has 2 amide bonds. The van der Waals surface area contributed by atoms with E-state index < -0.39 is 10.0 Å². The Bertz CT molecular complexity index is 868. The number of piperazine rings is 1. The van der Waals surface area contributed by atoms with Gasteiger partial charge in [-0.2, -0.15) is 4.31 Å². The van der Waals surface area contributed by atoms with E-state index in [1.165, 1.54) is 10.4 Å². The fourth-order valence-corrected chi connectivity index (χ4v) is 5.40. The van der Waals surface area contributed by atoms with Crippen molar-refractivity contribution in [3.63, 3.8) is 0 Å². The van der Waals surface area contributed by atoms with Gasteiger partial charge in [0.2, 0.25) is 15.9 Å². The standard InChI is InChI=1S/C21H31N3O4S/c1-4-24(5-2)29(27,28)18-10-9-16(3)19(15-18)21(26)23-13-11-22(12-14-23)20(25)17-7-6-8-17/h9-10,15,17H,4-8,11-14H2,1-3H3. The lowest BCUT2D eigenvalue weighted by Crippen LogP contribution is -2.52. The highest BCUT2D eigenvalue weighted by Gasteiger charge is 2.32. The molecule has 2 fully saturated rings. The summed E-state index contributed by atoms with van der Waals surface area (Å²) in [6.45, 7) is 8.21. The first-order chi connectivity index (χ1) is 13.8. The smallest absolute Gasteiger partial charge is 0.254 e. The number of hydrogen-bond donors (Lipinski definition) is 0. The Hall–Kier alpha value is -1.93. The van der Waals surface area contributed by atoms with Crippen molar-refractivity contribution in [2.75, 3.05) is 39.3 Å². The first kappa shape index (κ1) is 21.8. The molecule has 160 valence electrons. The second kappa shape index (κ2) is 8.83. The Morgan fingerprint density at radius 1 is 1.03 bits per heavy atom. The molecule has 0 N–H and O–H groups in total. The van der Waals surface area contributed by atoms with E-state index in [9.17, 15) is 18.0 Å². The minimum Gasteiger partial charge on any atom is -0.339 e. The van der Waals surface area contributed by atoms with Gasteiger partial charge in [0, 0.05) is 50.7 Å². The Morgan fingerprint density at radius 2 is 1.62 bits per heavy atom. The van der Waals surface area contributed by atoms with E-state index in [1.807, 2.05) is 11.8 Å². The first-order valence-electron chi connectivity index (χ1n) is 10.5. The SMILES string of the molecule is CCN(CC)S(=O)(=O)c1ccc(C)c(C(=O)N2CCN(C(=O)C3CCC3)CC2)c1. The third-order valence-corrected chi connectivity index (χ3v) is 8.16. The number of carbonyl (C=O) groups is 2. The second-order valence-electron chi connectivity index (χ2n) is 7.81. The third kappa shape index (κ3) is 4.33. The van der Waals surface area contributed by atoms with E-state index >= 15 is 0 Å². The highest BCUT2D eigenvalue weighted by molar-refractivity contribution is 7.89. The highest BCUT2D eigenvalue weighted by atomic mass is 32.2. The van der Waals surface area contributed by atoms with Crippen molar-refractivity contribution in [2.45, 2.75) is 44.9 Å². The minimum atomic E-state index is -3.62. The topological polar surface area (TPSA) is 78.0 Å². The third-order valence-electron chi connectivity index (χ3n) is 6.12. The summed E-state index contributed by atoms with van der Waals surface area (Å²) in [5, 5.41) is 0. The van der Waals surface area contributed by atoms with E-state index in [4.69, 9.17) is 0 Å². The zero-order valence-electron chi connectivity index (χ0n) is 17.6. The summed E-state index contributed by atoms with van der Waals surface area (Å²) in [4.78, 5) is 29.2. The normalized spacial score (nSPS) is 18.1. The molecule has 2 aliphatic rings. The predicted molar refractivity (Wildman–Crippen MR) is 111 cm³/mol. The molecule has 7 nitrogen and oxygen atoms in total. The van der Waals surface area contributed by atoms with E-state index in [0.717, 1.165) is 24.8 Å². The molecule has 0 aromatic heterocycles. The molecule has 1 heterocycles. The molecule has 0 atom stereocenters. The first-order valence-corrected chi connectivity index (χ1v) is 11.9. The van der Waals surface area contributed by atoms with Crippen molar-refractivity contribution in [2.24, 2.45) is 5.92 Å². The molecule has 3 rings (SSSR count). The molecule has 1 saturated heterocycles. The molecule has 1 aliphatic heterocycles. The Morgan fingerprint density at radius 3 is 2.14 bits per heavy atom. The summed E-state index contributed by atoms with van der Waals surface area (Å²) < 4.78 is 27.0. The number of benzene rings is 1. The largest absolute Gasteiger partial charge is 0.339 e. The van der Waals surface area contributed by atoms with Crippen molar-refractivity contribution in [3.05, 3.63) is 29.3 Å². The van der Waals surface area contributed by atoms with E-state index in [0.29, 0.717) is 44.8 Å². The van der Waals surface area contributed by atoms with Crippen LogP contribution in [0.2, 0.25) is 0 Å². The van der Waals surface area contributed by atoms with Gasteiger partial charge >= 0.3 is 0 Å². The van der Waals surface area contributed by atoms with Crippen LogP contribution in [0.3, 0.4) is 0 Å². The summed E-state index contributed by atoms with van der Waals surface area (Å²) in [6, 6.07) is 4.76. The lowest BCUT2D eigenvalue weighted by molar-refractivity contribution is -0.139. The van der Waals surface area contributed by atoms with Crippen LogP contribution < -0.4 is 0 Å². The van der Waals surface area contributed by atoms with Gasteiger partial charge in [-0.05, 0) is 37.5 Å². The van der Waals surface area contributed by atoms with Crippen molar-refractivity contribution >= 4 is 21.8 Å². The monoisotopic (exact) mass is 421 g/mol. The van der Waals surface area contributed by atoms with Crippen molar-refractivity contribution in [1.82, 2.24) is 14.1 Å². The van der Waals surface area contributed by atoms with E-state index in [2.05, 4.69) is 0 Å². The number of nitrogens with zero attached hydrogens (tertiary/aromatic N) is 3. The van der Waals surface area contributed by atoms with Gasteiger partial charge < -0.3 is 9.80 Å². The zero-order valence-corrected chi connectivity index (χ0v) is 18.4. The molecule has 0 unspecified atom stereocenters. The molecule has 0 bridgehead atoms.